The molecule has 0 aliphatic carbocycles. The smallest absolute Gasteiger partial charge is 0.185 e. The molecule has 0 amide bonds. The standard InChI is InChI=1S/C13H18O3S2/c1-9(14)18-6-5-12(15)13(16)11-4-2-3-10(7-11)8-17/h2-4,7,12-13,15-17H,5-6,8H2,1H3. The lowest BCUT2D eigenvalue weighted by Gasteiger charge is -2.18. The van der Waals surface area contributed by atoms with Crippen LogP contribution < -0.4 is 0 Å². The number of benzene rings is 1. The minimum Gasteiger partial charge on any atom is -0.390 e. The lowest BCUT2D eigenvalue weighted by atomic mass is 10.0. The summed E-state index contributed by atoms with van der Waals surface area (Å²) in [5.41, 5.74) is 1.68. The van der Waals surface area contributed by atoms with Crippen LogP contribution in [0.3, 0.4) is 0 Å². The molecule has 2 N–H and O–H groups in total. The first-order valence-corrected chi connectivity index (χ1v) is 7.35. The van der Waals surface area contributed by atoms with Crippen LogP contribution in [-0.2, 0) is 10.5 Å². The topological polar surface area (TPSA) is 57.5 Å². The number of rotatable bonds is 6. The number of carbonyl (C=O) groups excluding carboxylic acids is 1. The van der Waals surface area contributed by atoms with Gasteiger partial charge in [0.05, 0.1) is 6.10 Å². The number of aliphatic hydroxyl groups excluding tert-OH is 2. The fraction of sp³-hybridized carbons (Fsp3) is 0.462. The molecule has 1 aromatic rings. The van der Waals surface area contributed by atoms with E-state index in [0.29, 0.717) is 23.5 Å². The van der Waals surface area contributed by atoms with Gasteiger partial charge in [-0.3, -0.25) is 4.79 Å². The summed E-state index contributed by atoms with van der Waals surface area (Å²) in [5.74, 6) is 1.11. The summed E-state index contributed by atoms with van der Waals surface area (Å²) >= 11 is 5.33. The Kier molecular flexibility index (Phi) is 6.78. The Bertz CT molecular complexity index is 396. The third-order valence-corrected chi connectivity index (χ3v) is 3.77. The lowest BCUT2D eigenvalue weighted by molar-refractivity contribution is -0.109. The molecule has 0 fully saturated rings. The van der Waals surface area contributed by atoms with Crippen LogP contribution in [0.1, 0.15) is 30.6 Å². The van der Waals surface area contributed by atoms with E-state index in [0.717, 1.165) is 17.3 Å². The van der Waals surface area contributed by atoms with E-state index < -0.39 is 12.2 Å². The zero-order chi connectivity index (χ0) is 13.5. The van der Waals surface area contributed by atoms with E-state index in [-0.39, 0.29) is 5.12 Å². The Morgan fingerprint density at radius 1 is 1.44 bits per heavy atom. The predicted molar refractivity (Wildman–Crippen MR) is 77.9 cm³/mol. The zero-order valence-electron chi connectivity index (χ0n) is 10.2. The first kappa shape index (κ1) is 15.6. The summed E-state index contributed by atoms with van der Waals surface area (Å²) < 4.78 is 0. The van der Waals surface area contributed by atoms with Crippen molar-refractivity contribution in [1.82, 2.24) is 0 Å². The quantitative estimate of drug-likeness (QED) is 0.702. The van der Waals surface area contributed by atoms with Gasteiger partial charge >= 0.3 is 0 Å². The van der Waals surface area contributed by atoms with Crippen molar-refractivity contribution in [2.75, 3.05) is 5.75 Å². The average Bonchev–Trinajstić information content (AvgIpc) is 2.37. The highest BCUT2D eigenvalue weighted by Gasteiger charge is 2.18. The minimum absolute atomic E-state index is 0.0220. The zero-order valence-corrected chi connectivity index (χ0v) is 12.0. The molecule has 0 spiro atoms. The summed E-state index contributed by atoms with van der Waals surface area (Å²) in [4.78, 5) is 10.8. The number of thioether (sulfide) groups is 1. The Morgan fingerprint density at radius 2 is 2.17 bits per heavy atom. The molecule has 0 saturated heterocycles. The molecule has 0 saturated carbocycles. The van der Waals surface area contributed by atoms with E-state index in [9.17, 15) is 15.0 Å². The van der Waals surface area contributed by atoms with Crippen LogP contribution in [-0.4, -0.2) is 27.2 Å². The van der Waals surface area contributed by atoms with Crippen LogP contribution in [0.25, 0.3) is 0 Å². The molecule has 0 bridgehead atoms. The van der Waals surface area contributed by atoms with Gasteiger partial charge in [0.25, 0.3) is 0 Å². The normalized spacial score (nSPS) is 14.2. The molecule has 5 heteroatoms. The van der Waals surface area contributed by atoms with Crippen LogP contribution >= 0.6 is 24.4 Å². The first-order chi connectivity index (χ1) is 8.54. The molecule has 0 aromatic heterocycles. The SMILES string of the molecule is CC(=O)SCCC(O)C(O)c1cccc(CS)c1. The van der Waals surface area contributed by atoms with Crippen molar-refractivity contribution in [2.24, 2.45) is 0 Å². The second-order valence-corrected chi connectivity index (χ2v) is 5.63. The molecule has 2 atom stereocenters. The fourth-order valence-corrected chi connectivity index (χ4v) is 2.42. The molecule has 2 unspecified atom stereocenters. The highest BCUT2D eigenvalue weighted by atomic mass is 32.2. The largest absolute Gasteiger partial charge is 0.390 e. The van der Waals surface area contributed by atoms with Crippen LogP contribution in [0, 0.1) is 0 Å². The number of thiol groups is 1. The van der Waals surface area contributed by atoms with E-state index in [1.807, 2.05) is 18.2 Å². The van der Waals surface area contributed by atoms with Crippen molar-refractivity contribution >= 4 is 29.5 Å². The van der Waals surface area contributed by atoms with Gasteiger partial charge in [-0.1, -0.05) is 36.0 Å². The molecule has 0 aliphatic rings. The van der Waals surface area contributed by atoms with Crippen molar-refractivity contribution in [2.45, 2.75) is 31.3 Å². The summed E-state index contributed by atoms with van der Waals surface area (Å²) in [6.07, 6.45) is -1.39. The van der Waals surface area contributed by atoms with E-state index >= 15 is 0 Å². The number of hydrogen-bond donors (Lipinski definition) is 3. The van der Waals surface area contributed by atoms with Gasteiger partial charge in [0, 0.05) is 18.4 Å². The summed E-state index contributed by atoms with van der Waals surface area (Å²) in [6, 6.07) is 7.36. The molecule has 100 valence electrons. The summed E-state index contributed by atoms with van der Waals surface area (Å²) in [5, 5.41) is 19.9. The molecule has 0 aliphatic heterocycles. The van der Waals surface area contributed by atoms with Gasteiger partial charge in [-0.05, 0) is 17.5 Å². The van der Waals surface area contributed by atoms with Gasteiger partial charge in [0.2, 0.25) is 0 Å². The highest BCUT2D eigenvalue weighted by molar-refractivity contribution is 8.13. The van der Waals surface area contributed by atoms with Crippen molar-refractivity contribution in [3.05, 3.63) is 35.4 Å². The molecule has 18 heavy (non-hydrogen) atoms. The van der Waals surface area contributed by atoms with Crippen molar-refractivity contribution < 1.29 is 15.0 Å². The van der Waals surface area contributed by atoms with Gasteiger partial charge in [-0.15, -0.1) is 0 Å². The van der Waals surface area contributed by atoms with Crippen LogP contribution in [0.2, 0.25) is 0 Å². The average molecular weight is 286 g/mol. The Labute approximate surface area is 117 Å². The van der Waals surface area contributed by atoms with E-state index in [1.54, 1.807) is 6.07 Å². The third kappa shape index (κ3) is 5.02. The van der Waals surface area contributed by atoms with Gasteiger partial charge in [0.15, 0.2) is 5.12 Å². The van der Waals surface area contributed by atoms with Crippen LogP contribution in [0.15, 0.2) is 24.3 Å². The summed E-state index contributed by atoms with van der Waals surface area (Å²) in [6.45, 7) is 1.49. The van der Waals surface area contributed by atoms with Crippen molar-refractivity contribution in [3.8, 4) is 0 Å². The second kappa shape index (κ2) is 7.84. The molecule has 3 nitrogen and oxygen atoms in total. The highest BCUT2D eigenvalue weighted by Crippen LogP contribution is 2.22. The molecular formula is C13H18O3S2. The van der Waals surface area contributed by atoms with Gasteiger partial charge < -0.3 is 10.2 Å². The predicted octanol–water partition coefficient (Wildman–Crippen LogP) is 2.18. The number of carbonyl (C=O) groups is 1. The fourth-order valence-electron chi connectivity index (χ4n) is 1.58. The van der Waals surface area contributed by atoms with Gasteiger partial charge in [-0.25, -0.2) is 0 Å². The van der Waals surface area contributed by atoms with Crippen LogP contribution in [0.5, 0.6) is 0 Å². The minimum atomic E-state index is -0.919. The Balaban J connectivity index is 2.56. The van der Waals surface area contributed by atoms with E-state index in [1.165, 1.54) is 6.92 Å². The maximum absolute atomic E-state index is 10.8. The lowest BCUT2D eigenvalue weighted by Crippen LogP contribution is -2.19. The van der Waals surface area contributed by atoms with E-state index in [2.05, 4.69) is 12.6 Å². The maximum Gasteiger partial charge on any atom is 0.185 e. The molecule has 1 aromatic carbocycles. The Hall–Kier alpha value is -0.490. The summed E-state index contributed by atoms with van der Waals surface area (Å²) in [7, 11) is 0. The maximum atomic E-state index is 10.8. The molecular weight excluding hydrogens is 268 g/mol. The molecule has 0 radical (unpaired) electrons. The number of hydrogen-bond acceptors (Lipinski definition) is 5. The second-order valence-electron chi connectivity index (χ2n) is 4.04. The van der Waals surface area contributed by atoms with Gasteiger partial charge in [0.1, 0.15) is 6.10 Å². The van der Waals surface area contributed by atoms with E-state index in [4.69, 9.17) is 0 Å². The Morgan fingerprint density at radius 3 is 2.78 bits per heavy atom. The van der Waals surface area contributed by atoms with Crippen molar-refractivity contribution in [3.63, 3.8) is 0 Å². The van der Waals surface area contributed by atoms with Crippen molar-refractivity contribution in [1.29, 1.82) is 0 Å². The molecule has 0 heterocycles. The van der Waals surface area contributed by atoms with Gasteiger partial charge in [-0.2, -0.15) is 12.6 Å². The van der Waals surface area contributed by atoms with Crippen LogP contribution in [0.4, 0.5) is 0 Å². The first-order valence-electron chi connectivity index (χ1n) is 5.73. The monoisotopic (exact) mass is 286 g/mol. The molecule has 1 rings (SSSR count). The third-order valence-electron chi connectivity index (χ3n) is 2.56. The number of aliphatic hydroxyl groups is 2.